The van der Waals surface area contributed by atoms with Crippen LogP contribution in [0.5, 0.6) is 29.0 Å². The Bertz CT molecular complexity index is 2950. The number of amides is 1. The van der Waals surface area contributed by atoms with Gasteiger partial charge in [-0.1, -0.05) is 22.7 Å². The summed E-state index contributed by atoms with van der Waals surface area (Å²) < 4.78 is 39.9. The van der Waals surface area contributed by atoms with E-state index >= 15 is 0 Å². The lowest BCUT2D eigenvalue weighted by molar-refractivity contribution is -0.113. The van der Waals surface area contributed by atoms with Crippen molar-refractivity contribution in [3.8, 4) is 29.0 Å². The number of nitrogens with one attached hydrogen (secondary N) is 6. The topological polar surface area (TPSA) is 289 Å². The van der Waals surface area contributed by atoms with Crippen LogP contribution in [0.2, 0.25) is 0 Å². The molecule has 0 aliphatic carbocycles. The normalized spacial score (nSPS) is 21.5. The molecule has 29 heteroatoms. The van der Waals surface area contributed by atoms with Crippen LogP contribution in [0.4, 0.5) is 23.4 Å². The minimum Gasteiger partial charge on any atom is -0.507 e. The second-order valence-electron chi connectivity index (χ2n) is 19.9. The number of aliphatic imine (C=N–C) groups is 3. The van der Waals surface area contributed by atoms with E-state index in [1.807, 2.05) is 15.0 Å². The van der Waals surface area contributed by atoms with E-state index < -0.39 is 17.5 Å². The predicted octanol–water partition coefficient (Wildman–Crippen LogP) is 6.25. The van der Waals surface area contributed by atoms with Crippen molar-refractivity contribution in [1.82, 2.24) is 47.2 Å². The molecule has 83 heavy (non-hydrogen) atoms. The molecule has 3 aromatic carbocycles. The fourth-order valence-electron chi connectivity index (χ4n) is 9.44. The lowest BCUT2D eigenvalue weighted by Gasteiger charge is -2.28. The average Bonchev–Trinajstić information content (AvgIpc) is 4.34. The Morgan fingerprint density at radius 2 is 1.04 bits per heavy atom. The number of halogens is 5. The largest absolute Gasteiger partial charge is 0.507 e. The Balaban J connectivity index is 0.000000169. The smallest absolute Gasteiger partial charge is 0.286 e. The molecular formula is C54H70Cl2F3N15O6S3. The summed E-state index contributed by atoms with van der Waals surface area (Å²) in [5, 5.41) is 68.6. The molecule has 3 atom stereocenters. The third-order valence-electron chi connectivity index (χ3n) is 13.8. The zero-order chi connectivity index (χ0) is 56.8. The van der Waals surface area contributed by atoms with E-state index in [9.17, 15) is 43.5 Å². The number of aromatic nitrogens is 2. The van der Waals surface area contributed by atoms with Gasteiger partial charge in [-0.3, -0.25) is 29.8 Å². The highest BCUT2D eigenvalue weighted by molar-refractivity contribution is 8.18. The molecular weight excluding hydrogens is 1180 g/mol. The number of carbonyl (C=O) groups is 1. The summed E-state index contributed by atoms with van der Waals surface area (Å²) in [4.78, 5) is 35.4. The van der Waals surface area contributed by atoms with Crippen LogP contribution in [0.3, 0.4) is 0 Å². The van der Waals surface area contributed by atoms with Crippen molar-refractivity contribution in [3.63, 3.8) is 0 Å². The van der Waals surface area contributed by atoms with Crippen molar-refractivity contribution in [2.75, 3.05) is 88.6 Å². The molecule has 0 radical (unpaired) electrons. The van der Waals surface area contributed by atoms with Crippen LogP contribution >= 0.6 is 59.2 Å². The lowest BCUT2D eigenvalue weighted by atomic mass is 10.1. The standard InChI is InChI=1S/2C18H22FN5O2S.C14H14FN3O2S.C4H10N2.2ClH/c2*19-11-3-4-13(14(25)9-11)15(22-12-5-7-20-10-12)16-17(26)23-18(27-16)24-8-2-1-6-21-24;15-10-4-3-9(11(19)8-10)7-12-13(20)17-14(21-12)18-6-2-1-5-16-18;5-4-1-2-6-3-4;;/h2*3-4,9,12,20-21,25-26H,1-2,5-8,10H2;3-4,7-8,16,19H,1-2,5-6H2;4,6H,1-3,5H2;2*1H/b;;12-7-;;;/t2*12-;;4-;;/m11.0../s1. The second-order valence-corrected chi connectivity index (χ2v) is 22.9. The lowest BCUT2D eigenvalue weighted by Crippen LogP contribution is -2.45. The van der Waals surface area contributed by atoms with Crippen molar-refractivity contribution in [3.05, 3.63) is 103 Å². The maximum absolute atomic E-state index is 13.5. The third kappa shape index (κ3) is 17.6. The highest BCUT2D eigenvalue weighted by atomic mass is 35.5. The molecule has 450 valence electrons. The van der Waals surface area contributed by atoms with Crippen LogP contribution in [0.1, 0.15) is 84.2 Å². The first-order chi connectivity index (χ1) is 39.3. The van der Waals surface area contributed by atoms with Gasteiger partial charge in [-0.25, -0.2) is 29.4 Å². The number of carbonyl (C=O) groups excluding carboxylic acids is 1. The van der Waals surface area contributed by atoms with Gasteiger partial charge in [-0.2, -0.15) is 15.0 Å². The second kappa shape index (κ2) is 31.4. The number of thioether (sulfide) groups is 1. The molecule has 6 saturated heterocycles. The van der Waals surface area contributed by atoms with E-state index in [4.69, 9.17) is 15.7 Å². The first kappa shape index (κ1) is 64.7. The van der Waals surface area contributed by atoms with E-state index in [0.29, 0.717) is 64.2 Å². The van der Waals surface area contributed by atoms with Gasteiger partial charge < -0.3 is 47.2 Å². The van der Waals surface area contributed by atoms with E-state index in [1.54, 1.807) is 0 Å². The summed E-state index contributed by atoms with van der Waals surface area (Å²) in [7, 11) is 0. The number of anilines is 2. The SMILES string of the molecule is Cl.Cl.N[C@H]1CCNC1.O=C1N=C(N2CCCCN2)S/C1=C\c1ccc(F)cc1O.Oc1cc(F)ccc1C(=N[C@@H]1CCNC1)c1sc(N2CCCCN2)nc1O.Oc1cc(F)ccc1C(=N[C@@H]1CCNC1)c1sc(N2CCCCN2)nc1O. The molecule has 6 fully saturated rings. The van der Waals surface area contributed by atoms with E-state index in [1.165, 1.54) is 76.9 Å². The summed E-state index contributed by atoms with van der Waals surface area (Å²) in [6.07, 6.45) is 10.9. The average molecular weight is 1250 g/mol. The molecule has 13 N–H and O–H groups in total. The number of benzene rings is 3. The van der Waals surface area contributed by atoms with Crippen molar-refractivity contribution in [1.29, 1.82) is 0 Å². The molecule has 0 saturated carbocycles. The molecule has 7 aliphatic heterocycles. The van der Waals surface area contributed by atoms with Crippen LogP contribution in [0, 0.1) is 17.5 Å². The molecule has 12 rings (SSSR count). The number of phenolic OH excluding ortho intramolecular Hbond substituents is 3. The Hall–Kier alpha value is -5.82. The molecule has 5 aromatic rings. The number of rotatable bonds is 9. The van der Waals surface area contributed by atoms with Gasteiger partial charge in [0.05, 0.1) is 28.4 Å². The fourth-order valence-corrected chi connectivity index (χ4v) is 12.3. The molecule has 1 amide bonds. The summed E-state index contributed by atoms with van der Waals surface area (Å²) in [6.45, 7) is 10.4. The Morgan fingerprint density at radius 1 is 0.590 bits per heavy atom. The molecule has 0 unspecified atom stereocenters. The van der Waals surface area contributed by atoms with E-state index in [2.05, 4.69) is 47.2 Å². The van der Waals surface area contributed by atoms with Crippen LogP contribution in [0.25, 0.3) is 6.08 Å². The fraction of sp³-hybridized carbons (Fsp3) is 0.444. The van der Waals surface area contributed by atoms with Gasteiger partial charge >= 0.3 is 0 Å². The minimum absolute atomic E-state index is 0. The van der Waals surface area contributed by atoms with Crippen molar-refractivity contribution in [2.24, 2.45) is 20.7 Å². The molecule has 7 aliphatic rings. The molecule has 21 nitrogen and oxygen atoms in total. The van der Waals surface area contributed by atoms with Crippen LogP contribution in [-0.2, 0) is 4.79 Å². The van der Waals surface area contributed by atoms with Crippen LogP contribution in [-0.4, -0.2) is 160 Å². The van der Waals surface area contributed by atoms with E-state index in [-0.39, 0.29) is 71.8 Å². The Morgan fingerprint density at radius 3 is 1.42 bits per heavy atom. The Labute approximate surface area is 503 Å². The number of thiazole rings is 2. The minimum atomic E-state index is -0.523. The number of amidine groups is 1. The van der Waals surface area contributed by atoms with Gasteiger partial charge in [0.25, 0.3) is 5.91 Å². The zero-order valence-corrected chi connectivity index (χ0v) is 49.4. The molecule has 0 bridgehead atoms. The summed E-state index contributed by atoms with van der Waals surface area (Å²) in [5.41, 5.74) is 17.3. The van der Waals surface area contributed by atoms with Crippen LogP contribution in [0.15, 0.2) is 74.5 Å². The molecule has 9 heterocycles. The number of hydrazine groups is 3. The van der Waals surface area contributed by atoms with Gasteiger partial charge in [0, 0.05) is 99.8 Å². The quantitative estimate of drug-likeness (QED) is 0.0574. The number of aromatic hydroxyl groups is 5. The third-order valence-corrected chi connectivity index (χ3v) is 16.9. The van der Waals surface area contributed by atoms with E-state index in [0.717, 1.165) is 155 Å². The highest BCUT2D eigenvalue weighted by Crippen LogP contribution is 2.38. The van der Waals surface area contributed by atoms with Crippen molar-refractivity contribution < 1.29 is 43.5 Å². The van der Waals surface area contributed by atoms with Crippen LogP contribution < -0.4 is 48.0 Å². The van der Waals surface area contributed by atoms with Gasteiger partial charge in [0.15, 0.2) is 5.17 Å². The summed E-state index contributed by atoms with van der Waals surface area (Å²) in [5.74, 6) is -2.77. The highest BCUT2D eigenvalue weighted by Gasteiger charge is 2.30. The first-order valence-corrected chi connectivity index (χ1v) is 29.7. The number of hydrogen-bond acceptors (Lipinski definition) is 23. The summed E-state index contributed by atoms with van der Waals surface area (Å²) >= 11 is 3.88. The molecule has 0 spiro atoms. The summed E-state index contributed by atoms with van der Waals surface area (Å²) in [6, 6.07) is 11.8. The van der Waals surface area contributed by atoms with Gasteiger partial charge in [0.2, 0.25) is 22.0 Å². The number of nitrogens with two attached hydrogens (primary N) is 1. The van der Waals surface area contributed by atoms with Crippen molar-refractivity contribution >= 4 is 98.1 Å². The number of phenols is 3. The van der Waals surface area contributed by atoms with Crippen molar-refractivity contribution in [2.45, 2.75) is 75.9 Å². The monoisotopic (exact) mass is 1250 g/mol. The zero-order valence-electron chi connectivity index (χ0n) is 45.3. The maximum atomic E-state index is 13.5. The van der Waals surface area contributed by atoms with Gasteiger partial charge in [0.1, 0.15) is 44.5 Å². The Kier molecular flexibility index (Phi) is 24.5. The van der Waals surface area contributed by atoms with Gasteiger partial charge in [-0.15, -0.1) is 24.8 Å². The predicted molar refractivity (Wildman–Crippen MR) is 327 cm³/mol. The number of nitrogens with zero attached hydrogens (tertiary/aromatic N) is 8. The molecule has 2 aromatic heterocycles. The first-order valence-electron chi connectivity index (χ1n) is 27.2. The van der Waals surface area contributed by atoms with Gasteiger partial charge in [-0.05, 0) is 132 Å². The maximum Gasteiger partial charge on any atom is 0.286 e. The number of hydrogen-bond donors (Lipinski definition) is 12.